The van der Waals surface area contributed by atoms with E-state index < -0.39 is 23.0 Å². The maximum absolute atomic E-state index is 12.8. The van der Waals surface area contributed by atoms with E-state index in [1.165, 1.54) is 6.07 Å². The Hall–Kier alpha value is -2.11. The van der Waals surface area contributed by atoms with Crippen LogP contribution in [0.25, 0.3) is 5.57 Å². The fraction of sp³-hybridized carbons (Fsp3) is 0.235. The molecule has 0 radical (unpaired) electrons. The van der Waals surface area contributed by atoms with Crippen molar-refractivity contribution < 1.29 is 19.5 Å². The Labute approximate surface area is 147 Å². The average Bonchev–Trinajstić information content (AvgIpc) is 2.91. The van der Waals surface area contributed by atoms with Gasteiger partial charge in [0, 0.05) is 16.5 Å². The van der Waals surface area contributed by atoms with Gasteiger partial charge in [-0.2, -0.15) is 0 Å². The van der Waals surface area contributed by atoms with Crippen LogP contribution in [-0.2, 0) is 16.0 Å². The molecule has 1 heterocycles. The number of allylic oxidation sites excluding steroid dienone is 1. The molecule has 1 aliphatic heterocycles. The summed E-state index contributed by atoms with van der Waals surface area (Å²) in [5.41, 5.74) is 0.0536. The Morgan fingerprint density at radius 3 is 2.46 bits per heavy atom. The second-order valence-corrected chi connectivity index (χ2v) is 6.90. The van der Waals surface area contributed by atoms with Crippen LogP contribution in [0.5, 0.6) is 0 Å². The van der Waals surface area contributed by atoms with Gasteiger partial charge >= 0.3 is 0 Å². The van der Waals surface area contributed by atoms with Crippen LogP contribution in [0.15, 0.2) is 24.5 Å². The van der Waals surface area contributed by atoms with Crippen molar-refractivity contribution in [3.8, 4) is 0 Å². The fourth-order valence-corrected chi connectivity index (χ4v) is 3.73. The van der Waals surface area contributed by atoms with Crippen molar-refractivity contribution in [1.82, 2.24) is 5.32 Å². The molecule has 0 saturated heterocycles. The van der Waals surface area contributed by atoms with Crippen LogP contribution in [0.2, 0.25) is 10.0 Å². The van der Waals surface area contributed by atoms with E-state index >= 15 is 0 Å². The highest BCUT2D eigenvalue weighted by atomic mass is 35.5. The number of fused-ring (bicyclic) bond motifs is 1. The van der Waals surface area contributed by atoms with Gasteiger partial charge in [-0.1, -0.05) is 36.2 Å². The SMILES string of the molecule is C=CCC1(C)Cc2c(cc(C3=C(O)C(=O)NC3=O)c(Cl)c2Cl)C1=O. The van der Waals surface area contributed by atoms with Crippen LogP contribution in [0.4, 0.5) is 0 Å². The average molecular weight is 366 g/mol. The zero-order valence-corrected chi connectivity index (χ0v) is 14.2. The van der Waals surface area contributed by atoms with Gasteiger partial charge in [0.1, 0.15) is 0 Å². The summed E-state index contributed by atoms with van der Waals surface area (Å²) in [6, 6.07) is 1.42. The molecule has 0 bridgehead atoms. The summed E-state index contributed by atoms with van der Waals surface area (Å²) in [5, 5.41) is 12.0. The molecule has 124 valence electrons. The van der Waals surface area contributed by atoms with Gasteiger partial charge in [0.25, 0.3) is 11.8 Å². The number of aliphatic hydroxyl groups excluding tert-OH is 1. The Morgan fingerprint density at radius 1 is 1.25 bits per heavy atom. The smallest absolute Gasteiger partial charge is 0.293 e. The highest BCUT2D eigenvalue weighted by molar-refractivity contribution is 6.46. The van der Waals surface area contributed by atoms with E-state index in [1.54, 1.807) is 6.08 Å². The van der Waals surface area contributed by atoms with Gasteiger partial charge in [-0.05, 0) is 24.5 Å². The van der Waals surface area contributed by atoms with E-state index in [0.717, 1.165) is 0 Å². The van der Waals surface area contributed by atoms with Crippen molar-refractivity contribution in [3.63, 3.8) is 0 Å². The van der Waals surface area contributed by atoms with Crippen LogP contribution in [0.1, 0.15) is 34.8 Å². The third-order valence-electron chi connectivity index (χ3n) is 4.44. The minimum atomic E-state index is -0.912. The maximum atomic E-state index is 12.8. The van der Waals surface area contributed by atoms with Gasteiger partial charge in [-0.15, -0.1) is 6.58 Å². The third-order valence-corrected chi connectivity index (χ3v) is 5.34. The van der Waals surface area contributed by atoms with Crippen molar-refractivity contribution in [2.75, 3.05) is 0 Å². The topological polar surface area (TPSA) is 83.5 Å². The number of hydrogen-bond donors (Lipinski definition) is 2. The monoisotopic (exact) mass is 365 g/mol. The molecule has 3 rings (SSSR count). The third kappa shape index (κ3) is 2.19. The summed E-state index contributed by atoms with van der Waals surface area (Å²) >= 11 is 12.6. The van der Waals surface area contributed by atoms with Crippen molar-refractivity contribution >= 4 is 46.4 Å². The van der Waals surface area contributed by atoms with Crippen LogP contribution in [0, 0.1) is 5.41 Å². The number of halogens is 2. The summed E-state index contributed by atoms with van der Waals surface area (Å²) < 4.78 is 0. The zero-order valence-electron chi connectivity index (χ0n) is 12.7. The number of hydrogen-bond acceptors (Lipinski definition) is 4. The summed E-state index contributed by atoms with van der Waals surface area (Å²) in [4.78, 5) is 36.1. The predicted molar refractivity (Wildman–Crippen MR) is 90.1 cm³/mol. The molecule has 1 unspecified atom stereocenters. The first-order valence-corrected chi connectivity index (χ1v) is 7.92. The number of benzene rings is 1. The molecular weight excluding hydrogens is 353 g/mol. The number of ketones is 1. The Bertz CT molecular complexity index is 872. The molecule has 0 spiro atoms. The molecule has 0 aromatic heterocycles. The highest BCUT2D eigenvalue weighted by Gasteiger charge is 2.43. The molecule has 2 N–H and O–H groups in total. The number of carbonyl (C=O) groups is 3. The van der Waals surface area contributed by atoms with Crippen LogP contribution < -0.4 is 5.32 Å². The first kappa shape index (κ1) is 16.7. The summed E-state index contributed by atoms with van der Waals surface area (Å²) in [7, 11) is 0. The lowest BCUT2D eigenvalue weighted by atomic mass is 9.83. The van der Waals surface area contributed by atoms with E-state index in [-0.39, 0.29) is 27.0 Å². The molecule has 0 fully saturated rings. The minimum absolute atomic E-state index is 0.0254. The van der Waals surface area contributed by atoms with E-state index in [1.807, 2.05) is 12.2 Å². The maximum Gasteiger partial charge on any atom is 0.293 e. The number of rotatable bonds is 3. The Kier molecular flexibility index (Phi) is 3.81. The van der Waals surface area contributed by atoms with Crippen LogP contribution >= 0.6 is 23.2 Å². The number of amides is 2. The summed E-state index contributed by atoms with van der Waals surface area (Å²) in [5.74, 6) is -2.57. The van der Waals surface area contributed by atoms with Crippen molar-refractivity contribution in [1.29, 1.82) is 0 Å². The molecule has 1 aromatic rings. The lowest BCUT2D eigenvalue weighted by Crippen LogP contribution is -2.23. The van der Waals surface area contributed by atoms with Crippen molar-refractivity contribution in [2.45, 2.75) is 19.8 Å². The number of imide groups is 1. The van der Waals surface area contributed by atoms with Crippen LogP contribution in [-0.4, -0.2) is 22.7 Å². The first-order chi connectivity index (χ1) is 11.2. The molecular formula is C17H13Cl2NO4. The lowest BCUT2D eigenvalue weighted by Gasteiger charge is -2.19. The van der Waals surface area contributed by atoms with Crippen molar-refractivity contribution in [3.05, 3.63) is 51.2 Å². The summed E-state index contributed by atoms with van der Waals surface area (Å²) in [6.45, 7) is 5.48. The number of aliphatic hydroxyl groups is 1. The molecule has 0 saturated carbocycles. The Morgan fingerprint density at radius 2 is 1.92 bits per heavy atom. The van der Waals surface area contributed by atoms with Crippen LogP contribution in [0.3, 0.4) is 0 Å². The molecule has 2 amide bonds. The first-order valence-electron chi connectivity index (χ1n) is 7.17. The molecule has 1 aliphatic carbocycles. The lowest BCUT2D eigenvalue weighted by molar-refractivity contribution is -0.124. The largest absolute Gasteiger partial charge is 0.502 e. The second kappa shape index (κ2) is 5.46. The normalized spacial score (nSPS) is 22.9. The van der Waals surface area contributed by atoms with Gasteiger partial charge in [0.15, 0.2) is 11.5 Å². The van der Waals surface area contributed by atoms with Crippen molar-refractivity contribution in [2.24, 2.45) is 5.41 Å². The molecule has 7 heteroatoms. The fourth-order valence-electron chi connectivity index (χ4n) is 3.20. The van der Waals surface area contributed by atoms with Gasteiger partial charge in [0.05, 0.1) is 15.6 Å². The number of Topliss-reactive ketones (excluding diaryl/α,β-unsaturated/α-hetero) is 1. The minimum Gasteiger partial charge on any atom is -0.502 e. The number of carbonyl (C=O) groups excluding carboxylic acids is 3. The molecule has 2 aliphatic rings. The van der Waals surface area contributed by atoms with Gasteiger partial charge in [0.2, 0.25) is 0 Å². The zero-order chi connectivity index (χ0) is 17.8. The second-order valence-electron chi connectivity index (χ2n) is 6.14. The predicted octanol–water partition coefficient (Wildman–Crippen LogP) is 3.24. The number of nitrogens with one attached hydrogen (secondary N) is 1. The standard InChI is InChI=1S/C17H13Cl2NO4/c1-3-4-17(2)6-9-7(14(17)22)5-8(11(18)12(9)19)10-13(21)16(24)20-15(10)23/h3,5H,1,4,6H2,2H3,(H2,20,21,23,24). The highest BCUT2D eigenvalue weighted by Crippen LogP contribution is 2.47. The summed E-state index contributed by atoms with van der Waals surface area (Å²) in [6.07, 6.45) is 2.54. The molecule has 1 aromatic carbocycles. The van der Waals surface area contributed by atoms with E-state index in [0.29, 0.717) is 24.0 Å². The molecule has 5 nitrogen and oxygen atoms in total. The van der Waals surface area contributed by atoms with Gasteiger partial charge in [-0.25, -0.2) is 0 Å². The molecule has 1 atom stereocenters. The van der Waals surface area contributed by atoms with Gasteiger partial charge in [-0.3, -0.25) is 19.7 Å². The Balaban J connectivity index is 2.23. The van der Waals surface area contributed by atoms with Gasteiger partial charge < -0.3 is 5.11 Å². The quantitative estimate of drug-likeness (QED) is 0.636. The van der Waals surface area contributed by atoms with E-state index in [4.69, 9.17) is 23.2 Å². The van der Waals surface area contributed by atoms with E-state index in [9.17, 15) is 19.5 Å². The molecule has 24 heavy (non-hydrogen) atoms. The van der Waals surface area contributed by atoms with E-state index in [2.05, 4.69) is 6.58 Å².